The van der Waals surface area contributed by atoms with Crippen molar-refractivity contribution in [2.75, 3.05) is 12.0 Å². The molecule has 0 atom stereocenters. The number of carbonyl (C=O) groups is 3. The van der Waals surface area contributed by atoms with Crippen molar-refractivity contribution < 1.29 is 24.2 Å². The number of fused-ring (bicyclic) bond motifs is 1. The fourth-order valence-electron chi connectivity index (χ4n) is 2.37. The van der Waals surface area contributed by atoms with Crippen LogP contribution < -0.4 is 4.90 Å². The number of ether oxygens (including phenoxy) is 1. The van der Waals surface area contributed by atoms with Crippen molar-refractivity contribution in [3.8, 4) is 5.75 Å². The predicted octanol–water partition coefficient (Wildman–Crippen LogP) is 1.98. The smallest absolute Gasteiger partial charge is 0.341 e. The Bertz CT molecular complexity index is 777. The number of hydrogen-bond acceptors (Lipinski definition) is 5. The van der Waals surface area contributed by atoms with Crippen LogP contribution in [0.1, 0.15) is 31.1 Å². The molecule has 1 aliphatic heterocycles. The molecule has 2 aromatic rings. The Balaban J connectivity index is 2.03. The molecule has 1 N–H and O–H groups in total. The number of phenolic OH excluding ortho intramolecular Hbond substituents is 1. The second kappa shape index (κ2) is 5.00. The normalized spacial score (nSPS) is 13.2. The second-order valence-corrected chi connectivity index (χ2v) is 4.68. The Morgan fingerprint density at radius 1 is 1.05 bits per heavy atom. The lowest BCUT2D eigenvalue weighted by molar-refractivity contribution is 0.0597. The van der Waals surface area contributed by atoms with Crippen LogP contribution in [0.2, 0.25) is 0 Å². The fourth-order valence-corrected chi connectivity index (χ4v) is 2.37. The van der Waals surface area contributed by atoms with E-state index < -0.39 is 17.8 Å². The van der Waals surface area contributed by atoms with Gasteiger partial charge in [-0.2, -0.15) is 0 Å². The van der Waals surface area contributed by atoms with Crippen molar-refractivity contribution in [3.63, 3.8) is 0 Å². The predicted molar refractivity (Wildman–Crippen MR) is 77.0 cm³/mol. The van der Waals surface area contributed by atoms with Gasteiger partial charge in [-0.25, -0.2) is 9.69 Å². The van der Waals surface area contributed by atoms with E-state index in [-0.39, 0.29) is 17.0 Å². The number of hydrogen-bond donors (Lipinski definition) is 1. The van der Waals surface area contributed by atoms with Gasteiger partial charge in [0.05, 0.1) is 23.9 Å². The van der Waals surface area contributed by atoms with Gasteiger partial charge in [0, 0.05) is 6.07 Å². The van der Waals surface area contributed by atoms with E-state index in [4.69, 9.17) is 0 Å². The van der Waals surface area contributed by atoms with Gasteiger partial charge in [0.25, 0.3) is 11.8 Å². The minimum absolute atomic E-state index is 0.0390. The van der Waals surface area contributed by atoms with Gasteiger partial charge >= 0.3 is 5.97 Å². The average Bonchev–Trinajstić information content (AvgIpc) is 2.78. The third-order valence-electron chi connectivity index (χ3n) is 3.44. The van der Waals surface area contributed by atoms with Crippen molar-refractivity contribution in [1.82, 2.24) is 0 Å². The first kappa shape index (κ1) is 13.8. The molecule has 2 amide bonds. The number of anilines is 1. The Morgan fingerprint density at radius 3 is 2.14 bits per heavy atom. The van der Waals surface area contributed by atoms with Crippen molar-refractivity contribution in [2.45, 2.75) is 0 Å². The highest BCUT2D eigenvalue weighted by molar-refractivity contribution is 6.34. The third kappa shape index (κ3) is 1.93. The third-order valence-corrected chi connectivity index (χ3v) is 3.44. The van der Waals surface area contributed by atoms with Crippen LogP contribution in [0.5, 0.6) is 5.75 Å². The summed E-state index contributed by atoms with van der Waals surface area (Å²) in [4.78, 5) is 37.1. The number of esters is 1. The van der Waals surface area contributed by atoms with E-state index in [1.54, 1.807) is 24.3 Å². The van der Waals surface area contributed by atoms with Gasteiger partial charge in [-0.15, -0.1) is 0 Å². The first-order valence-electron chi connectivity index (χ1n) is 6.43. The number of amides is 2. The van der Waals surface area contributed by atoms with Crippen LogP contribution in [0.25, 0.3) is 0 Å². The molecule has 0 fully saturated rings. The van der Waals surface area contributed by atoms with Gasteiger partial charge in [0.1, 0.15) is 11.3 Å². The van der Waals surface area contributed by atoms with Crippen LogP contribution in [0.15, 0.2) is 42.5 Å². The first-order valence-corrected chi connectivity index (χ1v) is 6.43. The molecular weight excluding hydrogens is 286 g/mol. The summed E-state index contributed by atoms with van der Waals surface area (Å²) in [7, 11) is 1.19. The van der Waals surface area contributed by atoms with E-state index in [0.29, 0.717) is 11.1 Å². The van der Waals surface area contributed by atoms with Crippen LogP contribution in [-0.2, 0) is 4.74 Å². The molecule has 0 unspecified atom stereocenters. The molecule has 22 heavy (non-hydrogen) atoms. The Labute approximate surface area is 125 Å². The molecule has 110 valence electrons. The van der Waals surface area contributed by atoms with E-state index in [9.17, 15) is 19.5 Å². The minimum Gasteiger partial charge on any atom is -0.507 e. The molecule has 0 aromatic heterocycles. The molecule has 0 spiro atoms. The summed E-state index contributed by atoms with van der Waals surface area (Å²) in [5, 5.41) is 9.89. The average molecular weight is 297 g/mol. The molecule has 0 radical (unpaired) electrons. The monoisotopic (exact) mass is 297 g/mol. The van der Waals surface area contributed by atoms with Crippen LogP contribution in [-0.4, -0.2) is 30.0 Å². The number of carbonyl (C=O) groups excluding carboxylic acids is 3. The minimum atomic E-state index is -0.702. The number of aromatic hydroxyl groups is 1. The maximum absolute atomic E-state index is 12.3. The molecule has 3 rings (SSSR count). The van der Waals surface area contributed by atoms with Gasteiger partial charge in [-0.1, -0.05) is 12.1 Å². The van der Waals surface area contributed by atoms with Crippen molar-refractivity contribution in [3.05, 3.63) is 59.2 Å². The first-order chi connectivity index (χ1) is 10.5. The van der Waals surface area contributed by atoms with Crippen molar-refractivity contribution >= 4 is 23.5 Å². The molecule has 6 nitrogen and oxygen atoms in total. The number of imide groups is 1. The molecule has 2 aromatic carbocycles. The van der Waals surface area contributed by atoms with Crippen molar-refractivity contribution in [1.29, 1.82) is 0 Å². The van der Waals surface area contributed by atoms with Gasteiger partial charge in [-0.05, 0) is 24.3 Å². The maximum Gasteiger partial charge on any atom is 0.341 e. The number of nitrogens with zero attached hydrogens (tertiary/aromatic N) is 1. The Morgan fingerprint density at radius 2 is 1.64 bits per heavy atom. The molecule has 0 bridgehead atoms. The van der Waals surface area contributed by atoms with E-state index >= 15 is 0 Å². The summed E-state index contributed by atoms with van der Waals surface area (Å²) in [6.45, 7) is 0. The molecule has 0 saturated carbocycles. The number of rotatable bonds is 2. The largest absolute Gasteiger partial charge is 0.507 e. The van der Waals surface area contributed by atoms with E-state index in [2.05, 4.69) is 4.74 Å². The summed E-state index contributed by atoms with van der Waals surface area (Å²) >= 11 is 0. The lowest BCUT2D eigenvalue weighted by Crippen LogP contribution is -2.29. The summed E-state index contributed by atoms with van der Waals surface area (Å²) in [5.41, 5.74) is 0.771. The van der Waals surface area contributed by atoms with Crippen LogP contribution in [0.4, 0.5) is 5.69 Å². The lowest BCUT2D eigenvalue weighted by Gasteiger charge is -2.15. The van der Waals surface area contributed by atoms with E-state index in [1.165, 1.54) is 25.3 Å². The summed E-state index contributed by atoms with van der Waals surface area (Å²) in [6, 6.07) is 10.4. The fraction of sp³-hybridized carbons (Fsp3) is 0.0625. The highest BCUT2D eigenvalue weighted by Gasteiger charge is 2.36. The number of benzene rings is 2. The Hall–Kier alpha value is -3.15. The zero-order valence-electron chi connectivity index (χ0n) is 11.6. The molecule has 1 heterocycles. The SMILES string of the molecule is COC(=O)c1ccc(N2C(=O)c3ccccc3C2=O)cc1O. The summed E-state index contributed by atoms with van der Waals surface area (Å²) in [5.74, 6) is -2.00. The topological polar surface area (TPSA) is 83.9 Å². The number of methoxy groups -OCH3 is 1. The zero-order valence-corrected chi connectivity index (χ0v) is 11.6. The molecular formula is C16H11NO5. The highest BCUT2D eigenvalue weighted by atomic mass is 16.5. The lowest BCUT2D eigenvalue weighted by atomic mass is 10.1. The van der Waals surface area contributed by atoms with Crippen LogP contribution >= 0.6 is 0 Å². The van der Waals surface area contributed by atoms with Crippen LogP contribution in [0.3, 0.4) is 0 Å². The standard InChI is InChI=1S/C16H11NO5/c1-22-16(21)12-7-6-9(8-13(12)18)17-14(19)10-4-2-3-5-11(10)15(17)20/h2-8,18H,1H3. The molecule has 0 aliphatic carbocycles. The van der Waals surface area contributed by atoms with E-state index in [1.807, 2.05) is 0 Å². The molecule has 0 saturated heterocycles. The zero-order chi connectivity index (χ0) is 15.9. The van der Waals surface area contributed by atoms with Crippen molar-refractivity contribution in [2.24, 2.45) is 0 Å². The van der Waals surface area contributed by atoms with Gasteiger partial charge < -0.3 is 9.84 Å². The quantitative estimate of drug-likeness (QED) is 0.677. The summed E-state index contributed by atoms with van der Waals surface area (Å²) < 4.78 is 4.53. The Kier molecular flexibility index (Phi) is 3.14. The maximum atomic E-state index is 12.3. The summed E-state index contributed by atoms with van der Waals surface area (Å²) in [6.07, 6.45) is 0. The molecule has 1 aliphatic rings. The highest BCUT2D eigenvalue weighted by Crippen LogP contribution is 2.31. The van der Waals surface area contributed by atoms with Gasteiger partial charge in [-0.3, -0.25) is 9.59 Å². The molecule has 6 heteroatoms. The number of phenols is 1. The van der Waals surface area contributed by atoms with E-state index in [0.717, 1.165) is 4.90 Å². The van der Waals surface area contributed by atoms with Gasteiger partial charge in [0.15, 0.2) is 0 Å². The van der Waals surface area contributed by atoms with Gasteiger partial charge in [0.2, 0.25) is 0 Å². The second-order valence-electron chi connectivity index (χ2n) is 4.68. The van der Waals surface area contributed by atoms with Crippen LogP contribution in [0, 0.1) is 0 Å².